The van der Waals surface area contributed by atoms with Gasteiger partial charge in [-0.15, -0.1) is 11.8 Å². The van der Waals surface area contributed by atoms with Gasteiger partial charge in [-0.25, -0.2) is 0 Å². The third-order valence-electron chi connectivity index (χ3n) is 2.81. The van der Waals surface area contributed by atoms with E-state index in [1.54, 1.807) is 30.1 Å². The lowest BCUT2D eigenvalue weighted by Gasteiger charge is -2.06. The fourth-order valence-electron chi connectivity index (χ4n) is 1.74. The minimum Gasteiger partial charge on any atom is -0.399 e. The van der Waals surface area contributed by atoms with Crippen LogP contribution in [0.25, 0.3) is 0 Å². The van der Waals surface area contributed by atoms with Crippen LogP contribution < -0.4 is 5.32 Å². The largest absolute Gasteiger partial charge is 0.399 e. The summed E-state index contributed by atoms with van der Waals surface area (Å²) >= 11 is 1.64. The van der Waals surface area contributed by atoms with Crippen molar-refractivity contribution >= 4 is 29.6 Å². The van der Waals surface area contributed by atoms with E-state index in [0.717, 1.165) is 16.1 Å². The average molecular weight is 300 g/mol. The Morgan fingerprint density at radius 1 is 1.24 bits per heavy atom. The lowest BCUT2D eigenvalue weighted by molar-refractivity contribution is 0.102. The van der Waals surface area contributed by atoms with Crippen molar-refractivity contribution in [2.24, 2.45) is 5.16 Å². The number of nitrogens with zero attached hydrogens (tertiary/aromatic N) is 1. The zero-order chi connectivity index (χ0) is 15.1. The number of carbonyl (C=O) groups is 1. The molecule has 0 spiro atoms. The second-order valence-corrected chi connectivity index (χ2v) is 5.10. The lowest BCUT2D eigenvalue weighted by atomic mass is 10.1. The number of hydrogen-bond acceptors (Lipinski definition) is 4. The molecule has 0 heterocycles. The summed E-state index contributed by atoms with van der Waals surface area (Å²) in [6.07, 6.45) is 3.59. The van der Waals surface area contributed by atoms with Crippen LogP contribution in [0.1, 0.15) is 15.9 Å². The molecule has 1 N–H and O–H groups in total. The third kappa shape index (κ3) is 4.36. The summed E-state index contributed by atoms with van der Waals surface area (Å²) in [6.45, 7) is 0. The fraction of sp³-hybridized carbons (Fsp3) is 0.125. The highest BCUT2D eigenvalue weighted by Gasteiger charge is 2.06. The Balaban J connectivity index is 2.07. The maximum Gasteiger partial charge on any atom is 0.255 e. The van der Waals surface area contributed by atoms with Crippen LogP contribution in [0.5, 0.6) is 0 Å². The van der Waals surface area contributed by atoms with Crippen LogP contribution in [0.4, 0.5) is 5.69 Å². The van der Waals surface area contributed by atoms with Crippen molar-refractivity contribution in [3.05, 3.63) is 59.7 Å². The van der Waals surface area contributed by atoms with E-state index in [1.807, 2.05) is 42.7 Å². The minimum atomic E-state index is -0.136. The monoisotopic (exact) mass is 300 g/mol. The van der Waals surface area contributed by atoms with Crippen molar-refractivity contribution in [2.75, 3.05) is 18.7 Å². The number of carbonyl (C=O) groups excluding carboxylic acids is 1. The first-order valence-corrected chi connectivity index (χ1v) is 7.57. The molecule has 108 valence electrons. The number of benzene rings is 2. The number of rotatable bonds is 5. The van der Waals surface area contributed by atoms with Crippen molar-refractivity contribution in [1.29, 1.82) is 0 Å². The molecule has 2 aromatic carbocycles. The second-order valence-electron chi connectivity index (χ2n) is 4.23. The van der Waals surface area contributed by atoms with Gasteiger partial charge in [-0.1, -0.05) is 23.4 Å². The average Bonchev–Trinajstić information content (AvgIpc) is 2.53. The lowest BCUT2D eigenvalue weighted by Crippen LogP contribution is -2.11. The quantitative estimate of drug-likeness (QED) is 0.521. The van der Waals surface area contributed by atoms with E-state index in [0.29, 0.717) is 5.56 Å². The maximum absolute atomic E-state index is 12.2. The van der Waals surface area contributed by atoms with E-state index >= 15 is 0 Å². The summed E-state index contributed by atoms with van der Waals surface area (Å²) < 4.78 is 0. The Kier molecular flexibility index (Phi) is 5.40. The van der Waals surface area contributed by atoms with Crippen LogP contribution in [0, 0.1) is 0 Å². The number of thioether (sulfide) groups is 1. The molecule has 2 rings (SSSR count). The van der Waals surface area contributed by atoms with Crippen LogP contribution in [0.3, 0.4) is 0 Å². The predicted molar refractivity (Wildman–Crippen MR) is 87.2 cm³/mol. The molecular formula is C16H16N2O2S. The Bertz CT molecular complexity index is 639. The van der Waals surface area contributed by atoms with Crippen molar-refractivity contribution in [2.45, 2.75) is 4.90 Å². The zero-order valence-corrected chi connectivity index (χ0v) is 12.7. The highest BCUT2D eigenvalue weighted by atomic mass is 32.2. The van der Waals surface area contributed by atoms with E-state index in [9.17, 15) is 4.79 Å². The molecule has 21 heavy (non-hydrogen) atoms. The first kappa shape index (κ1) is 15.1. The molecule has 2 aromatic rings. The minimum absolute atomic E-state index is 0.136. The highest BCUT2D eigenvalue weighted by molar-refractivity contribution is 7.98. The summed E-state index contributed by atoms with van der Waals surface area (Å²) in [6, 6.07) is 14.9. The predicted octanol–water partition coefficient (Wildman–Crippen LogP) is 3.64. The van der Waals surface area contributed by atoms with Crippen LogP contribution in [-0.4, -0.2) is 25.5 Å². The van der Waals surface area contributed by atoms with Crippen molar-refractivity contribution in [3.63, 3.8) is 0 Å². The molecule has 0 radical (unpaired) electrons. The molecule has 0 aliphatic heterocycles. The smallest absolute Gasteiger partial charge is 0.255 e. The molecule has 0 aliphatic carbocycles. The Morgan fingerprint density at radius 2 is 2.00 bits per heavy atom. The highest BCUT2D eigenvalue weighted by Crippen LogP contribution is 2.19. The van der Waals surface area contributed by atoms with Gasteiger partial charge in [0.2, 0.25) is 0 Å². The van der Waals surface area contributed by atoms with E-state index < -0.39 is 0 Å². The number of anilines is 1. The summed E-state index contributed by atoms with van der Waals surface area (Å²) in [5, 5.41) is 6.56. The maximum atomic E-state index is 12.2. The molecule has 5 heteroatoms. The molecule has 0 saturated carbocycles. The van der Waals surface area contributed by atoms with E-state index in [2.05, 4.69) is 15.3 Å². The molecule has 4 nitrogen and oxygen atoms in total. The normalized spacial score (nSPS) is 10.6. The van der Waals surface area contributed by atoms with Gasteiger partial charge in [0.05, 0.1) is 6.21 Å². The molecule has 0 fully saturated rings. The van der Waals surface area contributed by atoms with Crippen LogP contribution in [0.15, 0.2) is 58.6 Å². The van der Waals surface area contributed by atoms with Crippen molar-refractivity contribution in [1.82, 2.24) is 0 Å². The fourth-order valence-corrected chi connectivity index (χ4v) is 2.20. The first-order chi connectivity index (χ1) is 10.2. The Labute approximate surface area is 128 Å². The molecule has 0 aliphatic rings. The SMILES string of the molecule is CO/N=C/c1ccc(C(=O)Nc2cccc(SC)c2)cc1. The van der Waals surface area contributed by atoms with Gasteiger partial charge in [0, 0.05) is 16.1 Å². The van der Waals surface area contributed by atoms with Crippen molar-refractivity contribution < 1.29 is 9.63 Å². The molecule has 0 bridgehead atoms. The summed E-state index contributed by atoms with van der Waals surface area (Å²) in [5.41, 5.74) is 2.26. The van der Waals surface area contributed by atoms with Gasteiger partial charge in [0.1, 0.15) is 7.11 Å². The van der Waals surface area contributed by atoms with Gasteiger partial charge >= 0.3 is 0 Å². The number of amides is 1. The molecule has 0 unspecified atom stereocenters. The number of hydrogen-bond donors (Lipinski definition) is 1. The van der Waals surface area contributed by atoms with Crippen molar-refractivity contribution in [3.8, 4) is 0 Å². The van der Waals surface area contributed by atoms with Gasteiger partial charge < -0.3 is 10.2 Å². The van der Waals surface area contributed by atoms with Gasteiger partial charge in [-0.05, 0) is 42.2 Å². The number of nitrogens with one attached hydrogen (secondary N) is 1. The van der Waals surface area contributed by atoms with Crippen LogP contribution in [-0.2, 0) is 4.84 Å². The molecule has 0 saturated heterocycles. The topological polar surface area (TPSA) is 50.7 Å². The Hall–Kier alpha value is -2.27. The first-order valence-electron chi connectivity index (χ1n) is 6.35. The zero-order valence-electron chi connectivity index (χ0n) is 11.9. The van der Waals surface area contributed by atoms with Gasteiger partial charge in [0.25, 0.3) is 5.91 Å². The molecule has 1 amide bonds. The van der Waals surface area contributed by atoms with Gasteiger partial charge in [-0.2, -0.15) is 0 Å². The van der Waals surface area contributed by atoms with Gasteiger partial charge in [-0.3, -0.25) is 4.79 Å². The molecule has 0 atom stereocenters. The standard InChI is InChI=1S/C16H16N2O2S/c1-20-17-11-12-6-8-13(9-7-12)16(19)18-14-4-3-5-15(10-14)21-2/h3-11H,1-2H3,(H,18,19)/b17-11+. The summed E-state index contributed by atoms with van der Waals surface area (Å²) in [7, 11) is 1.49. The Morgan fingerprint density at radius 3 is 2.67 bits per heavy atom. The number of oxime groups is 1. The third-order valence-corrected chi connectivity index (χ3v) is 3.53. The second kappa shape index (κ2) is 7.50. The van der Waals surface area contributed by atoms with E-state index in [1.165, 1.54) is 7.11 Å². The molecule has 0 aromatic heterocycles. The van der Waals surface area contributed by atoms with E-state index in [-0.39, 0.29) is 5.91 Å². The van der Waals surface area contributed by atoms with E-state index in [4.69, 9.17) is 0 Å². The summed E-state index contributed by atoms with van der Waals surface area (Å²) in [5.74, 6) is -0.136. The van der Waals surface area contributed by atoms with Crippen LogP contribution >= 0.6 is 11.8 Å². The molecular weight excluding hydrogens is 284 g/mol. The van der Waals surface area contributed by atoms with Gasteiger partial charge in [0.15, 0.2) is 0 Å². The summed E-state index contributed by atoms with van der Waals surface area (Å²) in [4.78, 5) is 17.9. The van der Waals surface area contributed by atoms with Crippen LogP contribution in [0.2, 0.25) is 0 Å².